The second-order valence-corrected chi connectivity index (χ2v) is 10.7. The van der Waals surface area contributed by atoms with Crippen LogP contribution in [0.15, 0.2) is 30.3 Å². The van der Waals surface area contributed by atoms with Gasteiger partial charge in [0.2, 0.25) is 18.3 Å². The Morgan fingerprint density at radius 3 is 1.93 bits per heavy atom. The molecule has 1 aromatic heterocycles. The van der Waals surface area contributed by atoms with E-state index in [0.717, 1.165) is 16.8 Å². The van der Waals surface area contributed by atoms with Gasteiger partial charge in [-0.05, 0) is 25.3 Å². The van der Waals surface area contributed by atoms with Gasteiger partial charge >= 0.3 is 23.9 Å². The molecular formula is C30H40N2O10. The number of hydrogen-bond acceptors (Lipinski definition) is 11. The second kappa shape index (κ2) is 14.3. The molecule has 1 saturated heterocycles. The topological polar surface area (TPSA) is 141 Å². The Bertz CT molecular complexity index is 1260. The first-order valence-corrected chi connectivity index (χ1v) is 13.9. The third-order valence-corrected chi connectivity index (χ3v) is 6.45. The lowest BCUT2D eigenvalue weighted by Gasteiger charge is -2.43. The molecule has 42 heavy (non-hydrogen) atoms. The van der Waals surface area contributed by atoms with Gasteiger partial charge in [0.25, 0.3) is 0 Å². The molecule has 230 valence electrons. The maximum atomic E-state index is 12.2. The summed E-state index contributed by atoms with van der Waals surface area (Å²) < 4.78 is 36.2. The zero-order valence-corrected chi connectivity index (χ0v) is 25.3. The molecule has 1 fully saturated rings. The van der Waals surface area contributed by atoms with Crippen molar-refractivity contribution in [2.75, 3.05) is 6.61 Å². The number of aromatic nitrogens is 2. The Hall–Kier alpha value is -3.93. The van der Waals surface area contributed by atoms with E-state index in [1.807, 2.05) is 48.9 Å². The van der Waals surface area contributed by atoms with Crippen molar-refractivity contribution >= 4 is 23.9 Å². The molecule has 0 radical (unpaired) electrons. The van der Waals surface area contributed by atoms with Crippen LogP contribution >= 0.6 is 0 Å². The summed E-state index contributed by atoms with van der Waals surface area (Å²) in [5.41, 5.74) is 2.78. The molecule has 12 heteroatoms. The van der Waals surface area contributed by atoms with Crippen molar-refractivity contribution in [3.63, 3.8) is 0 Å². The Morgan fingerprint density at radius 2 is 1.40 bits per heavy atom. The van der Waals surface area contributed by atoms with Gasteiger partial charge < -0.3 is 28.4 Å². The number of esters is 4. The predicted octanol–water partition coefficient (Wildman–Crippen LogP) is 3.64. The van der Waals surface area contributed by atoms with E-state index in [0.29, 0.717) is 6.42 Å². The lowest BCUT2D eigenvalue weighted by molar-refractivity contribution is -0.289. The third-order valence-electron chi connectivity index (χ3n) is 6.45. The molecule has 0 saturated carbocycles. The molecule has 2 aromatic rings. The van der Waals surface area contributed by atoms with Crippen LogP contribution in [0.3, 0.4) is 0 Å². The molecule has 1 aliphatic rings. The van der Waals surface area contributed by atoms with E-state index in [1.165, 1.54) is 27.7 Å². The Labute approximate surface area is 245 Å². The number of benzene rings is 1. The maximum Gasteiger partial charge on any atom is 0.303 e. The number of nitrogens with zero attached hydrogens (tertiary/aromatic N) is 2. The molecule has 2 heterocycles. The van der Waals surface area contributed by atoms with E-state index >= 15 is 0 Å². The highest BCUT2D eigenvalue weighted by Gasteiger charge is 2.53. The summed E-state index contributed by atoms with van der Waals surface area (Å²) in [6, 6.07) is 9.79. The highest BCUT2D eigenvalue weighted by molar-refractivity contribution is 5.68. The van der Waals surface area contributed by atoms with Crippen LogP contribution in [-0.4, -0.2) is 71.0 Å². The fourth-order valence-electron chi connectivity index (χ4n) is 4.92. The van der Waals surface area contributed by atoms with E-state index in [1.54, 1.807) is 0 Å². The SMILES string of the molecule is CC(=O)OC[C@H]1O[C@@H](Oc2nn(C(C)C)c(C(C)C)c2Cc2ccccc2)[C@H](OC(C)=O)[C@@H](OC(C)=O)[C@@H]1OC(C)=O. The zero-order valence-electron chi connectivity index (χ0n) is 25.3. The lowest BCUT2D eigenvalue weighted by Crippen LogP contribution is -2.63. The fourth-order valence-corrected chi connectivity index (χ4v) is 4.92. The van der Waals surface area contributed by atoms with Gasteiger partial charge in [-0.25, -0.2) is 0 Å². The predicted molar refractivity (Wildman–Crippen MR) is 149 cm³/mol. The van der Waals surface area contributed by atoms with Crippen LogP contribution < -0.4 is 4.74 Å². The highest BCUT2D eigenvalue weighted by Crippen LogP contribution is 2.36. The number of carbonyl (C=O) groups is 4. The van der Waals surface area contributed by atoms with Crippen molar-refractivity contribution < 1.29 is 47.6 Å². The molecule has 0 bridgehead atoms. The van der Waals surface area contributed by atoms with Crippen molar-refractivity contribution in [1.29, 1.82) is 0 Å². The van der Waals surface area contributed by atoms with Gasteiger partial charge in [0.05, 0.1) is 0 Å². The quantitative estimate of drug-likeness (QED) is 0.281. The first kappa shape index (κ1) is 32.6. The van der Waals surface area contributed by atoms with Crippen LogP contribution in [0.4, 0.5) is 0 Å². The zero-order chi connectivity index (χ0) is 31.1. The van der Waals surface area contributed by atoms with E-state index < -0.39 is 54.6 Å². The van der Waals surface area contributed by atoms with Crippen LogP contribution in [0.1, 0.15) is 84.2 Å². The summed E-state index contributed by atoms with van der Waals surface area (Å²) in [7, 11) is 0. The van der Waals surface area contributed by atoms with Gasteiger partial charge in [-0.2, -0.15) is 0 Å². The van der Waals surface area contributed by atoms with Gasteiger partial charge in [0, 0.05) is 51.4 Å². The van der Waals surface area contributed by atoms with E-state index in [2.05, 4.69) is 13.8 Å². The van der Waals surface area contributed by atoms with Crippen LogP contribution in [0.25, 0.3) is 0 Å². The van der Waals surface area contributed by atoms with Crippen molar-refractivity contribution in [3.05, 3.63) is 47.2 Å². The van der Waals surface area contributed by atoms with Gasteiger partial charge in [-0.15, -0.1) is 5.10 Å². The highest BCUT2D eigenvalue weighted by atomic mass is 16.7. The molecule has 0 amide bonds. The van der Waals surface area contributed by atoms with Crippen LogP contribution in [0.2, 0.25) is 0 Å². The standard InChI is InChI=1S/C30H40N2O10/c1-16(2)25-23(14-22-12-10-9-11-13-22)29(31-32(25)17(3)4)42-30-28(40-21(8)36)27(39-20(7)35)26(38-19(6)34)24(41-30)15-37-18(5)33/h9-13,16-17,24,26-28,30H,14-15H2,1-8H3/t24-,26-,27+,28-,30+/m1/s1. The molecule has 3 rings (SSSR count). The molecule has 12 nitrogen and oxygen atoms in total. The average molecular weight is 589 g/mol. The Balaban J connectivity index is 2.14. The smallest absolute Gasteiger partial charge is 0.303 e. The van der Waals surface area contributed by atoms with E-state index in [-0.39, 0.29) is 24.4 Å². The Morgan fingerprint density at radius 1 is 0.833 bits per heavy atom. The van der Waals surface area contributed by atoms with Gasteiger partial charge in [0.1, 0.15) is 12.7 Å². The van der Waals surface area contributed by atoms with Gasteiger partial charge in [-0.3, -0.25) is 23.9 Å². The number of rotatable bonds is 11. The normalized spacial score (nSPS) is 22.0. The van der Waals surface area contributed by atoms with Gasteiger partial charge in [-0.1, -0.05) is 44.2 Å². The molecule has 0 aliphatic carbocycles. The molecule has 0 spiro atoms. The Kier molecular flexibility index (Phi) is 11.1. The molecule has 5 atom stereocenters. The van der Waals surface area contributed by atoms with Crippen LogP contribution in [0.5, 0.6) is 5.88 Å². The molecule has 0 unspecified atom stereocenters. The molecule has 0 N–H and O–H groups in total. The minimum atomic E-state index is -1.38. The summed E-state index contributed by atoms with van der Waals surface area (Å²) in [5.74, 6) is -2.45. The minimum absolute atomic E-state index is 0.00956. The molecule has 1 aromatic carbocycles. The average Bonchev–Trinajstić information content (AvgIpc) is 3.24. The van der Waals surface area contributed by atoms with Crippen LogP contribution in [0, 0.1) is 0 Å². The third kappa shape index (κ3) is 8.31. The first-order valence-electron chi connectivity index (χ1n) is 13.9. The minimum Gasteiger partial charge on any atom is -0.463 e. The summed E-state index contributed by atoms with van der Waals surface area (Å²) in [6.45, 7) is 12.5. The van der Waals surface area contributed by atoms with Crippen molar-refractivity contribution in [3.8, 4) is 5.88 Å². The monoisotopic (exact) mass is 588 g/mol. The first-order chi connectivity index (χ1) is 19.8. The number of hydrogen-bond donors (Lipinski definition) is 0. The molecular weight excluding hydrogens is 548 g/mol. The second-order valence-electron chi connectivity index (χ2n) is 10.7. The van der Waals surface area contributed by atoms with E-state index in [4.69, 9.17) is 33.5 Å². The van der Waals surface area contributed by atoms with Crippen molar-refractivity contribution in [2.24, 2.45) is 0 Å². The summed E-state index contributed by atoms with van der Waals surface area (Å²) in [4.78, 5) is 48.1. The summed E-state index contributed by atoms with van der Waals surface area (Å²) >= 11 is 0. The van der Waals surface area contributed by atoms with Gasteiger partial charge in [0.15, 0.2) is 12.2 Å². The number of carbonyl (C=O) groups excluding carboxylic acids is 4. The van der Waals surface area contributed by atoms with Crippen molar-refractivity contribution in [2.45, 2.75) is 104 Å². The summed E-state index contributed by atoms with van der Waals surface area (Å²) in [5, 5.41) is 4.78. The van der Waals surface area contributed by atoms with Crippen molar-refractivity contribution in [1.82, 2.24) is 9.78 Å². The lowest BCUT2D eigenvalue weighted by atomic mass is 9.97. The maximum absolute atomic E-state index is 12.2. The van der Waals surface area contributed by atoms with Crippen LogP contribution in [-0.2, 0) is 49.3 Å². The fraction of sp³-hybridized carbons (Fsp3) is 0.567. The largest absolute Gasteiger partial charge is 0.463 e. The van der Waals surface area contributed by atoms with E-state index in [9.17, 15) is 19.2 Å². The number of ether oxygens (including phenoxy) is 6. The molecule has 1 aliphatic heterocycles. The summed E-state index contributed by atoms with van der Waals surface area (Å²) in [6.07, 6.45) is -6.01.